The van der Waals surface area contributed by atoms with Crippen molar-refractivity contribution in [2.75, 3.05) is 18.0 Å². The molecule has 0 saturated heterocycles. The Labute approximate surface area is 147 Å². The summed E-state index contributed by atoms with van der Waals surface area (Å²) in [5.74, 6) is -0.337. The van der Waals surface area contributed by atoms with Gasteiger partial charge >= 0.3 is 0 Å². The van der Waals surface area contributed by atoms with Gasteiger partial charge in [-0.3, -0.25) is 4.31 Å². The maximum atomic E-state index is 13.7. The SMILES string of the molecule is COCn1nc(C)c(S(=O)(=O)N2CCCc3cc(F)cc(C)c32)c1C. The number of halogens is 1. The lowest BCUT2D eigenvalue weighted by molar-refractivity contribution is 0.118. The second-order valence-electron chi connectivity index (χ2n) is 6.33. The van der Waals surface area contributed by atoms with Crippen LogP contribution in [0.3, 0.4) is 0 Å². The quantitative estimate of drug-likeness (QED) is 0.833. The highest BCUT2D eigenvalue weighted by atomic mass is 32.2. The van der Waals surface area contributed by atoms with Crippen LogP contribution < -0.4 is 4.31 Å². The van der Waals surface area contributed by atoms with Gasteiger partial charge in [0.05, 0.1) is 17.1 Å². The summed E-state index contributed by atoms with van der Waals surface area (Å²) in [6, 6.07) is 2.80. The third kappa shape index (κ3) is 2.93. The van der Waals surface area contributed by atoms with Gasteiger partial charge in [0, 0.05) is 13.7 Å². The first-order chi connectivity index (χ1) is 11.8. The lowest BCUT2D eigenvalue weighted by atomic mass is 10.00. The van der Waals surface area contributed by atoms with E-state index in [1.807, 2.05) is 0 Å². The number of rotatable bonds is 4. The minimum atomic E-state index is -3.80. The van der Waals surface area contributed by atoms with Crippen LogP contribution in [-0.2, 0) is 27.9 Å². The Bertz CT molecular complexity index is 922. The summed E-state index contributed by atoms with van der Waals surface area (Å²) in [6.45, 7) is 5.69. The number of benzene rings is 1. The second-order valence-corrected chi connectivity index (χ2v) is 8.13. The zero-order valence-corrected chi connectivity index (χ0v) is 15.7. The van der Waals surface area contributed by atoms with E-state index in [1.54, 1.807) is 20.8 Å². The van der Waals surface area contributed by atoms with Crippen LogP contribution in [0.1, 0.15) is 28.9 Å². The molecule has 3 rings (SSSR count). The number of ether oxygens (including phenoxy) is 1. The van der Waals surface area contributed by atoms with Gasteiger partial charge in [-0.05, 0) is 56.9 Å². The molecule has 6 nitrogen and oxygen atoms in total. The van der Waals surface area contributed by atoms with Gasteiger partial charge in [0.25, 0.3) is 10.0 Å². The van der Waals surface area contributed by atoms with Crippen LogP contribution in [0.4, 0.5) is 10.1 Å². The number of fused-ring (bicyclic) bond motifs is 1. The standard InChI is InChI=1S/C17H22FN3O3S/c1-11-8-15(18)9-14-6-5-7-21(16(11)14)25(22,23)17-12(2)19-20(10-24-4)13(17)3/h8-9H,5-7,10H2,1-4H3. The third-order valence-electron chi connectivity index (χ3n) is 4.52. The molecular weight excluding hydrogens is 345 g/mol. The van der Waals surface area contributed by atoms with Crippen molar-refractivity contribution >= 4 is 15.7 Å². The van der Waals surface area contributed by atoms with Gasteiger partial charge < -0.3 is 4.74 Å². The van der Waals surface area contributed by atoms with E-state index >= 15 is 0 Å². The Hall–Kier alpha value is -1.93. The van der Waals surface area contributed by atoms with Crippen molar-refractivity contribution in [3.05, 3.63) is 40.5 Å². The molecule has 1 aromatic heterocycles. The van der Waals surface area contributed by atoms with Crippen molar-refractivity contribution in [2.45, 2.75) is 45.2 Å². The lowest BCUT2D eigenvalue weighted by Crippen LogP contribution is -2.36. The van der Waals surface area contributed by atoms with Crippen LogP contribution in [0.15, 0.2) is 17.0 Å². The average molecular weight is 367 g/mol. The molecule has 1 aromatic carbocycles. The largest absolute Gasteiger partial charge is 0.362 e. The van der Waals surface area contributed by atoms with Crippen molar-refractivity contribution in [1.82, 2.24) is 9.78 Å². The molecular formula is C17H22FN3O3S. The molecule has 1 aliphatic rings. The molecule has 0 fully saturated rings. The lowest BCUT2D eigenvalue weighted by Gasteiger charge is -2.32. The Morgan fingerprint density at radius 1 is 1.28 bits per heavy atom. The van der Waals surface area contributed by atoms with Gasteiger partial charge in [-0.2, -0.15) is 5.10 Å². The summed E-state index contributed by atoms with van der Waals surface area (Å²) >= 11 is 0. The average Bonchev–Trinajstić information content (AvgIpc) is 2.81. The van der Waals surface area contributed by atoms with Crippen LogP contribution in [0.25, 0.3) is 0 Å². The van der Waals surface area contributed by atoms with E-state index < -0.39 is 10.0 Å². The summed E-state index contributed by atoms with van der Waals surface area (Å²) in [4.78, 5) is 0.195. The molecule has 0 bridgehead atoms. The fourth-order valence-corrected chi connectivity index (χ4v) is 5.51. The molecule has 0 spiro atoms. The minimum Gasteiger partial charge on any atom is -0.362 e. The van der Waals surface area contributed by atoms with E-state index in [0.717, 1.165) is 5.56 Å². The van der Waals surface area contributed by atoms with E-state index in [9.17, 15) is 12.8 Å². The van der Waals surface area contributed by atoms with Gasteiger partial charge in [0.2, 0.25) is 0 Å². The predicted molar refractivity (Wildman–Crippen MR) is 92.7 cm³/mol. The van der Waals surface area contributed by atoms with Gasteiger partial charge in [0.1, 0.15) is 17.4 Å². The van der Waals surface area contributed by atoms with Gasteiger partial charge in [-0.1, -0.05) is 0 Å². The number of sulfonamides is 1. The molecule has 136 valence electrons. The summed E-state index contributed by atoms with van der Waals surface area (Å²) in [6.07, 6.45) is 1.32. The summed E-state index contributed by atoms with van der Waals surface area (Å²) < 4.78 is 48.5. The molecule has 2 heterocycles. The molecule has 1 aliphatic heterocycles. The first kappa shape index (κ1) is 17.9. The second kappa shape index (κ2) is 6.42. The van der Waals surface area contributed by atoms with Crippen LogP contribution in [0, 0.1) is 26.6 Å². The maximum Gasteiger partial charge on any atom is 0.268 e. The first-order valence-corrected chi connectivity index (χ1v) is 9.56. The monoisotopic (exact) mass is 367 g/mol. The van der Waals surface area contributed by atoms with Gasteiger partial charge in [-0.15, -0.1) is 0 Å². The topological polar surface area (TPSA) is 64.4 Å². The molecule has 0 N–H and O–H groups in total. The Morgan fingerprint density at radius 2 is 2.00 bits per heavy atom. The number of hydrogen-bond donors (Lipinski definition) is 0. The fourth-order valence-electron chi connectivity index (χ4n) is 3.53. The van der Waals surface area contributed by atoms with Crippen molar-refractivity contribution in [3.8, 4) is 0 Å². The highest BCUT2D eigenvalue weighted by Crippen LogP contribution is 2.36. The minimum absolute atomic E-state index is 0.184. The van der Waals surface area contributed by atoms with Gasteiger partial charge in [-0.25, -0.2) is 17.5 Å². The number of aromatic nitrogens is 2. The van der Waals surface area contributed by atoms with Crippen LogP contribution in [-0.4, -0.2) is 31.9 Å². The van der Waals surface area contributed by atoms with E-state index in [-0.39, 0.29) is 17.4 Å². The summed E-state index contributed by atoms with van der Waals surface area (Å²) in [5.41, 5.74) is 2.91. The molecule has 8 heteroatoms. The van der Waals surface area contributed by atoms with E-state index in [1.165, 1.54) is 28.2 Å². The zero-order valence-electron chi connectivity index (χ0n) is 14.8. The molecule has 2 aromatic rings. The normalized spacial score (nSPS) is 14.7. The predicted octanol–water partition coefficient (Wildman–Crippen LogP) is 2.69. The molecule has 0 atom stereocenters. The molecule has 0 unspecified atom stereocenters. The Morgan fingerprint density at radius 3 is 2.68 bits per heavy atom. The molecule has 0 radical (unpaired) electrons. The Balaban J connectivity index is 2.15. The van der Waals surface area contributed by atoms with Crippen LogP contribution in [0.2, 0.25) is 0 Å². The van der Waals surface area contributed by atoms with Crippen LogP contribution >= 0.6 is 0 Å². The van der Waals surface area contributed by atoms with Crippen molar-refractivity contribution < 1.29 is 17.5 Å². The highest BCUT2D eigenvalue weighted by Gasteiger charge is 2.34. The molecule has 0 amide bonds. The van der Waals surface area contributed by atoms with Gasteiger partial charge in [0.15, 0.2) is 0 Å². The maximum absolute atomic E-state index is 13.7. The van der Waals surface area contributed by atoms with Crippen molar-refractivity contribution in [3.63, 3.8) is 0 Å². The smallest absolute Gasteiger partial charge is 0.268 e. The zero-order chi connectivity index (χ0) is 18.4. The van der Waals surface area contributed by atoms with Crippen molar-refractivity contribution in [2.24, 2.45) is 0 Å². The molecule has 25 heavy (non-hydrogen) atoms. The summed E-state index contributed by atoms with van der Waals surface area (Å²) in [5, 5.41) is 4.28. The Kier molecular flexibility index (Phi) is 4.59. The summed E-state index contributed by atoms with van der Waals surface area (Å²) in [7, 11) is -2.27. The highest BCUT2D eigenvalue weighted by molar-refractivity contribution is 7.93. The van der Waals surface area contributed by atoms with E-state index in [4.69, 9.17) is 4.74 Å². The fraction of sp³-hybridized carbons (Fsp3) is 0.471. The number of anilines is 1. The number of hydrogen-bond acceptors (Lipinski definition) is 4. The first-order valence-electron chi connectivity index (χ1n) is 8.12. The van der Waals surface area contributed by atoms with Crippen molar-refractivity contribution in [1.29, 1.82) is 0 Å². The molecule has 0 aliphatic carbocycles. The molecule has 0 saturated carbocycles. The number of methoxy groups -OCH3 is 1. The van der Waals surface area contributed by atoms with Crippen LogP contribution in [0.5, 0.6) is 0 Å². The van der Waals surface area contributed by atoms with E-state index in [0.29, 0.717) is 42.0 Å². The third-order valence-corrected chi connectivity index (χ3v) is 6.57. The number of nitrogens with zero attached hydrogens (tertiary/aromatic N) is 3. The number of aryl methyl sites for hydroxylation is 3. The van der Waals surface area contributed by atoms with E-state index in [2.05, 4.69) is 5.10 Å².